The fourth-order valence-electron chi connectivity index (χ4n) is 4.42. The quantitative estimate of drug-likeness (QED) is 0.196. The van der Waals surface area contributed by atoms with E-state index in [2.05, 4.69) is 52.8 Å². The van der Waals surface area contributed by atoms with Gasteiger partial charge in [-0.1, -0.05) is 37.3 Å². The van der Waals surface area contributed by atoms with E-state index >= 15 is 0 Å². The second kappa shape index (κ2) is 15.5. The normalized spacial score (nSPS) is 19.9. The number of halogens is 1. The highest BCUT2D eigenvalue weighted by Crippen LogP contribution is 2.16. The number of benzene rings is 1. The van der Waals surface area contributed by atoms with Gasteiger partial charge in [0.25, 0.3) is 0 Å². The first-order chi connectivity index (χ1) is 15.7. The number of likely N-dealkylation sites (tertiary alicyclic amines) is 2. The average Bonchev–Trinajstić information content (AvgIpc) is 3.29. The lowest BCUT2D eigenvalue weighted by Gasteiger charge is -2.31. The Balaban J connectivity index is 0.00000385. The Kier molecular flexibility index (Phi) is 13.1. The van der Waals surface area contributed by atoms with Crippen LogP contribution in [-0.4, -0.2) is 79.7 Å². The lowest BCUT2D eigenvalue weighted by atomic mass is 10.1. The fourth-order valence-corrected chi connectivity index (χ4v) is 4.42. The Hall–Kier alpha value is -1.39. The molecule has 3 rings (SSSR count). The van der Waals surface area contributed by atoms with E-state index in [-0.39, 0.29) is 35.9 Å². The van der Waals surface area contributed by atoms with Crippen molar-refractivity contribution in [2.75, 3.05) is 45.9 Å². The molecule has 33 heavy (non-hydrogen) atoms. The second-order valence-corrected chi connectivity index (χ2v) is 8.77. The second-order valence-electron chi connectivity index (χ2n) is 8.77. The summed E-state index contributed by atoms with van der Waals surface area (Å²) < 4.78 is 6.13. The van der Waals surface area contributed by atoms with Crippen LogP contribution < -0.4 is 10.6 Å². The number of hydrogen-bond donors (Lipinski definition) is 2. The van der Waals surface area contributed by atoms with E-state index in [0.717, 1.165) is 84.1 Å². The predicted molar refractivity (Wildman–Crippen MR) is 145 cm³/mol. The van der Waals surface area contributed by atoms with Crippen LogP contribution in [0.25, 0.3) is 0 Å². The van der Waals surface area contributed by atoms with Crippen LogP contribution in [0.1, 0.15) is 51.5 Å². The molecule has 0 aliphatic carbocycles. The molecule has 1 atom stereocenters. The van der Waals surface area contributed by atoms with Gasteiger partial charge >= 0.3 is 0 Å². The number of carbonyl (C=O) groups is 1. The van der Waals surface area contributed by atoms with E-state index < -0.39 is 0 Å². The maximum atomic E-state index is 11.9. The van der Waals surface area contributed by atoms with Crippen molar-refractivity contribution in [3.05, 3.63) is 35.9 Å². The topological polar surface area (TPSA) is 69.2 Å². The van der Waals surface area contributed by atoms with Crippen LogP contribution in [0.5, 0.6) is 0 Å². The standard InChI is InChI=1S/C25H41N5O2.HI/c1-3-24(31)30-17-11-22(20-30)28-25(26-4-2)27-14-8-18-32-23-12-15-29(16-13-23)19-21-9-6-5-7-10-21;/h5-7,9-10,22-23H,3-4,8,11-20H2,1-2H3,(H2,26,27,28);1H. The van der Waals surface area contributed by atoms with E-state index in [0.29, 0.717) is 12.5 Å². The summed E-state index contributed by atoms with van der Waals surface area (Å²) in [5.74, 6) is 1.08. The molecule has 0 spiro atoms. The van der Waals surface area contributed by atoms with Gasteiger partial charge in [0, 0.05) is 64.9 Å². The van der Waals surface area contributed by atoms with Crippen LogP contribution in [0.2, 0.25) is 0 Å². The van der Waals surface area contributed by atoms with Crippen LogP contribution >= 0.6 is 24.0 Å². The molecule has 1 amide bonds. The van der Waals surface area contributed by atoms with Crippen molar-refractivity contribution in [2.24, 2.45) is 4.99 Å². The molecular weight excluding hydrogens is 529 g/mol. The van der Waals surface area contributed by atoms with E-state index in [4.69, 9.17) is 9.73 Å². The summed E-state index contributed by atoms with van der Waals surface area (Å²) in [5, 5.41) is 6.81. The van der Waals surface area contributed by atoms with E-state index in [1.54, 1.807) is 0 Å². The molecule has 186 valence electrons. The van der Waals surface area contributed by atoms with Crippen molar-refractivity contribution < 1.29 is 9.53 Å². The molecule has 1 aromatic carbocycles. The van der Waals surface area contributed by atoms with Gasteiger partial charge in [0.05, 0.1) is 6.10 Å². The molecular formula is C25H42IN5O2. The number of piperidine rings is 1. The SMILES string of the molecule is CCNC(=NCCCOC1CCN(Cc2ccccc2)CC1)NC1CCN(C(=O)CC)C1.I. The first-order valence-corrected chi connectivity index (χ1v) is 12.4. The summed E-state index contributed by atoms with van der Waals surface area (Å²) in [6.45, 7) is 11.2. The molecule has 2 heterocycles. The smallest absolute Gasteiger partial charge is 0.222 e. The first-order valence-electron chi connectivity index (χ1n) is 12.4. The lowest BCUT2D eigenvalue weighted by Crippen LogP contribution is -2.45. The van der Waals surface area contributed by atoms with Gasteiger partial charge in [-0.2, -0.15) is 0 Å². The number of guanidine groups is 1. The third kappa shape index (κ3) is 9.78. The molecule has 2 N–H and O–H groups in total. The Morgan fingerprint density at radius 1 is 1.12 bits per heavy atom. The number of amides is 1. The zero-order valence-electron chi connectivity index (χ0n) is 20.3. The summed E-state index contributed by atoms with van der Waals surface area (Å²) in [6, 6.07) is 11.0. The minimum Gasteiger partial charge on any atom is -0.378 e. The van der Waals surface area contributed by atoms with Gasteiger partial charge < -0.3 is 20.3 Å². The van der Waals surface area contributed by atoms with Crippen LogP contribution in [0.4, 0.5) is 0 Å². The van der Waals surface area contributed by atoms with Gasteiger partial charge in [-0.05, 0) is 38.2 Å². The first kappa shape index (κ1) is 27.9. The highest BCUT2D eigenvalue weighted by atomic mass is 127. The predicted octanol–water partition coefficient (Wildman–Crippen LogP) is 3.24. The summed E-state index contributed by atoms with van der Waals surface area (Å²) in [7, 11) is 0. The highest BCUT2D eigenvalue weighted by molar-refractivity contribution is 14.0. The summed E-state index contributed by atoms with van der Waals surface area (Å²) in [6.07, 6.45) is 5.06. The van der Waals surface area contributed by atoms with Crippen LogP contribution in [0, 0.1) is 0 Å². The Morgan fingerprint density at radius 3 is 2.58 bits per heavy atom. The largest absolute Gasteiger partial charge is 0.378 e. The van der Waals surface area contributed by atoms with E-state index in [1.165, 1.54) is 5.56 Å². The summed E-state index contributed by atoms with van der Waals surface area (Å²) in [5.41, 5.74) is 1.39. The third-order valence-corrected chi connectivity index (χ3v) is 6.24. The van der Waals surface area contributed by atoms with Crippen molar-refractivity contribution in [3.63, 3.8) is 0 Å². The van der Waals surface area contributed by atoms with Gasteiger partial charge in [-0.15, -0.1) is 24.0 Å². The molecule has 2 saturated heterocycles. The Morgan fingerprint density at radius 2 is 1.88 bits per heavy atom. The average molecular weight is 572 g/mol. The Bertz CT molecular complexity index is 710. The number of ether oxygens (including phenoxy) is 1. The number of nitrogens with zero attached hydrogens (tertiary/aromatic N) is 3. The van der Waals surface area contributed by atoms with Crippen molar-refractivity contribution in [2.45, 2.75) is 64.6 Å². The molecule has 8 heteroatoms. The van der Waals surface area contributed by atoms with Gasteiger partial charge in [0.1, 0.15) is 0 Å². The molecule has 2 fully saturated rings. The van der Waals surface area contributed by atoms with Gasteiger partial charge in [-0.25, -0.2) is 0 Å². The molecule has 0 aromatic heterocycles. The van der Waals surface area contributed by atoms with E-state index in [9.17, 15) is 4.79 Å². The van der Waals surface area contributed by atoms with Gasteiger partial charge in [-0.3, -0.25) is 14.7 Å². The van der Waals surface area contributed by atoms with Crippen molar-refractivity contribution in [1.82, 2.24) is 20.4 Å². The van der Waals surface area contributed by atoms with E-state index in [1.807, 2.05) is 11.8 Å². The zero-order chi connectivity index (χ0) is 22.6. The van der Waals surface area contributed by atoms with Gasteiger partial charge in [0.2, 0.25) is 5.91 Å². The maximum Gasteiger partial charge on any atom is 0.222 e. The monoisotopic (exact) mass is 571 g/mol. The minimum absolute atomic E-state index is 0. The molecule has 2 aliphatic heterocycles. The molecule has 0 saturated carbocycles. The van der Waals surface area contributed by atoms with Crippen LogP contribution in [-0.2, 0) is 16.1 Å². The van der Waals surface area contributed by atoms with Crippen LogP contribution in [0.3, 0.4) is 0 Å². The van der Waals surface area contributed by atoms with Crippen molar-refractivity contribution >= 4 is 35.8 Å². The summed E-state index contributed by atoms with van der Waals surface area (Å²) >= 11 is 0. The molecule has 1 unspecified atom stereocenters. The maximum absolute atomic E-state index is 11.9. The number of hydrogen-bond acceptors (Lipinski definition) is 4. The highest BCUT2D eigenvalue weighted by Gasteiger charge is 2.25. The Labute approximate surface area is 216 Å². The van der Waals surface area contributed by atoms with Crippen LogP contribution in [0.15, 0.2) is 35.3 Å². The lowest BCUT2D eigenvalue weighted by molar-refractivity contribution is -0.129. The van der Waals surface area contributed by atoms with Crippen molar-refractivity contribution in [3.8, 4) is 0 Å². The summed E-state index contributed by atoms with van der Waals surface area (Å²) in [4.78, 5) is 21.1. The third-order valence-electron chi connectivity index (χ3n) is 6.24. The molecule has 2 aliphatic rings. The number of carbonyl (C=O) groups excluding carboxylic acids is 1. The van der Waals surface area contributed by atoms with Crippen molar-refractivity contribution in [1.29, 1.82) is 0 Å². The van der Waals surface area contributed by atoms with Gasteiger partial charge in [0.15, 0.2) is 5.96 Å². The zero-order valence-corrected chi connectivity index (χ0v) is 22.6. The number of aliphatic imine (C=N–C) groups is 1. The molecule has 7 nitrogen and oxygen atoms in total. The molecule has 0 radical (unpaired) electrons. The fraction of sp³-hybridized carbons (Fsp3) is 0.680. The minimum atomic E-state index is 0. The number of nitrogens with one attached hydrogen (secondary N) is 2. The molecule has 1 aromatic rings. The molecule has 0 bridgehead atoms. The number of rotatable bonds is 10.